The van der Waals surface area contributed by atoms with Crippen LogP contribution in [-0.4, -0.2) is 38.7 Å². The Balaban J connectivity index is 2.04. The third-order valence-electron chi connectivity index (χ3n) is 3.48. The average Bonchev–Trinajstić information content (AvgIpc) is 2.82. The average molecular weight is 299 g/mol. The minimum Gasteiger partial charge on any atom is -0.478 e. The minimum absolute atomic E-state index is 0.0482. The lowest BCUT2D eigenvalue weighted by atomic mass is 10.0. The number of hydrogen-bond donors (Lipinski definition) is 2. The van der Waals surface area contributed by atoms with Gasteiger partial charge in [0.05, 0.1) is 16.6 Å². The highest BCUT2D eigenvalue weighted by Crippen LogP contribution is 2.20. The predicted octanol–water partition coefficient (Wildman–Crippen LogP) is 1.09. The predicted molar refractivity (Wildman–Crippen MR) is 72.1 cm³/mol. The molecule has 6 nitrogen and oxygen atoms in total. The quantitative estimate of drug-likeness (QED) is 0.849. The topological polar surface area (TPSA) is 92.7 Å². The molecule has 20 heavy (non-hydrogen) atoms. The fourth-order valence-corrected chi connectivity index (χ4v) is 3.22. The molecule has 1 saturated heterocycles. The van der Waals surface area contributed by atoms with Crippen molar-refractivity contribution in [3.8, 4) is 0 Å². The minimum atomic E-state index is -3.61. The summed E-state index contributed by atoms with van der Waals surface area (Å²) in [6.45, 7) is 2.90. The normalized spacial score (nSPS) is 22.9. The molecule has 1 aromatic rings. The SMILES string of the molecule is CC1OCCC1CNS(=O)(=O)c1ccc(C(=O)O)cc1. The van der Waals surface area contributed by atoms with Gasteiger partial charge in [0.15, 0.2) is 0 Å². The summed E-state index contributed by atoms with van der Waals surface area (Å²) in [5, 5.41) is 8.78. The number of aromatic carboxylic acids is 1. The van der Waals surface area contributed by atoms with E-state index in [9.17, 15) is 13.2 Å². The van der Waals surface area contributed by atoms with Gasteiger partial charge in [0, 0.05) is 19.1 Å². The first-order valence-electron chi connectivity index (χ1n) is 6.35. The lowest BCUT2D eigenvalue weighted by Crippen LogP contribution is -2.32. The number of sulfonamides is 1. The number of rotatable bonds is 5. The summed E-state index contributed by atoms with van der Waals surface area (Å²) < 4.78 is 32.1. The van der Waals surface area contributed by atoms with Gasteiger partial charge in [-0.1, -0.05) is 0 Å². The van der Waals surface area contributed by atoms with Crippen molar-refractivity contribution in [2.24, 2.45) is 5.92 Å². The zero-order valence-electron chi connectivity index (χ0n) is 11.1. The molecule has 1 aromatic carbocycles. The van der Waals surface area contributed by atoms with Crippen LogP contribution in [0.2, 0.25) is 0 Å². The van der Waals surface area contributed by atoms with Crippen LogP contribution in [0, 0.1) is 5.92 Å². The molecule has 2 rings (SSSR count). The summed E-state index contributed by atoms with van der Waals surface area (Å²) in [6.07, 6.45) is 0.883. The largest absolute Gasteiger partial charge is 0.478 e. The van der Waals surface area contributed by atoms with Crippen LogP contribution in [0.15, 0.2) is 29.2 Å². The maximum atomic E-state index is 12.1. The van der Waals surface area contributed by atoms with Gasteiger partial charge < -0.3 is 9.84 Å². The van der Waals surface area contributed by atoms with Crippen molar-refractivity contribution in [2.75, 3.05) is 13.2 Å². The molecule has 0 aliphatic carbocycles. The van der Waals surface area contributed by atoms with E-state index in [4.69, 9.17) is 9.84 Å². The van der Waals surface area contributed by atoms with Crippen molar-refractivity contribution >= 4 is 16.0 Å². The number of benzene rings is 1. The molecule has 1 heterocycles. The second-order valence-electron chi connectivity index (χ2n) is 4.81. The second kappa shape index (κ2) is 5.90. The van der Waals surface area contributed by atoms with Crippen LogP contribution in [0.5, 0.6) is 0 Å². The lowest BCUT2D eigenvalue weighted by Gasteiger charge is -2.15. The lowest BCUT2D eigenvalue weighted by molar-refractivity contribution is 0.0696. The van der Waals surface area contributed by atoms with Gasteiger partial charge in [-0.05, 0) is 37.6 Å². The van der Waals surface area contributed by atoms with Crippen LogP contribution in [0.25, 0.3) is 0 Å². The van der Waals surface area contributed by atoms with E-state index in [1.807, 2.05) is 6.92 Å². The molecule has 110 valence electrons. The third-order valence-corrected chi connectivity index (χ3v) is 4.92. The van der Waals surface area contributed by atoms with Gasteiger partial charge in [-0.25, -0.2) is 17.9 Å². The molecule has 2 unspecified atom stereocenters. The fraction of sp³-hybridized carbons (Fsp3) is 0.462. The van der Waals surface area contributed by atoms with E-state index < -0.39 is 16.0 Å². The molecular weight excluding hydrogens is 282 g/mol. The van der Waals surface area contributed by atoms with E-state index >= 15 is 0 Å². The summed E-state index contributed by atoms with van der Waals surface area (Å²) >= 11 is 0. The number of carboxylic acid groups (broad SMARTS) is 1. The molecule has 0 radical (unpaired) electrons. The Bertz CT molecular complexity index is 581. The van der Waals surface area contributed by atoms with Crippen molar-refractivity contribution in [2.45, 2.75) is 24.3 Å². The van der Waals surface area contributed by atoms with Gasteiger partial charge in [-0.3, -0.25) is 0 Å². The van der Waals surface area contributed by atoms with Crippen molar-refractivity contribution in [1.29, 1.82) is 0 Å². The number of nitrogens with one attached hydrogen (secondary N) is 1. The van der Waals surface area contributed by atoms with Crippen molar-refractivity contribution in [3.05, 3.63) is 29.8 Å². The van der Waals surface area contributed by atoms with E-state index in [1.165, 1.54) is 24.3 Å². The Morgan fingerprint density at radius 2 is 2.05 bits per heavy atom. The van der Waals surface area contributed by atoms with E-state index in [0.29, 0.717) is 13.2 Å². The Morgan fingerprint density at radius 1 is 1.40 bits per heavy atom. The smallest absolute Gasteiger partial charge is 0.335 e. The second-order valence-corrected chi connectivity index (χ2v) is 6.57. The number of ether oxygens (including phenoxy) is 1. The molecule has 0 bridgehead atoms. The summed E-state index contributed by atoms with van der Waals surface area (Å²) in [5.74, 6) is -0.915. The Labute approximate surface area is 117 Å². The highest BCUT2D eigenvalue weighted by atomic mass is 32.2. The number of carbonyl (C=O) groups is 1. The van der Waals surface area contributed by atoms with Gasteiger partial charge in [-0.2, -0.15) is 0 Å². The van der Waals surface area contributed by atoms with Crippen molar-refractivity contribution in [1.82, 2.24) is 4.72 Å². The molecule has 0 saturated carbocycles. The first-order valence-corrected chi connectivity index (χ1v) is 7.83. The summed E-state index contributed by atoms with van der Waals surface area (Å²) in [5.41, 5.74) is 0.0572. The maximum absolute atomic E-state index is 12.1. The van der Waals surface area contributed by atoms with Crippen molar-refractivity contribution < 1.29 is 23.1 Å². The van der Waals surface area contributed by atoms with Crippen LogP contribution in [0.4, 0.5) is 0 Å². The van der Waals surface area contributed by atoms with Crippen LogP contribution in [-0.2, 0) is 14.8 Å². The standard InChI is InChI=1S/C13H17NO5S/c1-9-11(6-7-19-9)8-14-20(17,18)12-4-2-10(3-5-12)13(15)16/h2-5,9,11,14H,6-8H2,1H3,(H,15,16). The van der Waals surface area contributed by atoms with E-state index in [0.717, 1.165) is 6.42 Å². The molecule has 0 amide bonds. The van der Waals surface area contributed by atoms with E-state index in [-0.39, 0.29) is 22.5 Å². The number of carboxylic acids is 1. The Hall–Kier alpha value is -1.44. The summed E-state index contributed by atoms with van der Waals surface area (Å²) in [4.78, 5) is 10.8. The number of hydrogen-bond acceptors (Lipinski definition) is 4. The highest BCUT2D eigenvalue weighted by molar-refractivity contribution is 7.89. The molecule has 1 aliphatic heterocycles. The monoisotopic (exact) mass is 299 g/mol. The molecule has 2 atom stereocenters. The third kappa shape index (κ3) is 3.36. The molecule has 7 heteroatoms. The Kier molecular flexibility index (Phi) is 4.42. The van der Waals surface area contributed by atoms with E-state index in [1.54, 1.807) is 0 Å². The first kappa shape index (κ1) is 15.0. The molecule has 1 aliphatic rings. The van der Waals surface area contributed by atoms with Crippen LogP contribution in [0.1, 0.15) is 23.7 Å². The Morgan fingerprint density at radius 3 is 2.55 bits per heavy atom. The zero-order valence-corrected chi connectivity index (χ0v) is 11.9. The van der Waals surface area contributed by atoms with Gasteiger partial charge in [0.2, 0.25) is 10.0 Å². The summed E-state index contributed by atoms with van der Waals surface area (Å²) in [7, 11) is -3.61. The van der Waals surface area contributed by atoms with Gasteiger partial charge in [0.1, 0.15) is 0 Å². The van der Waals surface area contributed by atoms with Crippen molar-refractivity contribution in [3.63, 3.8) is 0 Å². The maximum Gasteiger partial charge on any atom is 0.335 e. The molecule has 1 fully saturated rings. The molecule has 0 aromatic heterocycles. The van der Waals surface area contributed by atoms with E-state index in [2.05, 4.69) is 4.72 Å². The summed E-state index contributed by atoms with van der Waals surface area (Å²) in [6, 6.07) is 5.14. The van der Waals surface area contributed by atoms with Gasteiger partial charge >= 0.3 is 5.97 Å². The van der Waals surface area contributed by atoms with Crippen LogP contribution >= 0.6 is 0 Å². The van der Waals surface area contributed by atoms with Crippen LogP contribution in [0.3, 0.4) is 0 Å². The molecular formula is C13H17NO5S. The fourth-order valence-electron chi connectivity index (χ4n) is 2.12. The van der Waals surface area contributed by atoms with Crippen LogP contribution < -0.4 is 4.72 Å². The molecule has 0 spiro atoms. The molecule has 2 N–H and O–H groups in total. The zero-order chi connectivity index (χ0) is 14.8. The first-order chi connectivity index (χ1) is 9.40. The highest BCUT2D eigenvalue weighted by Gasteiger charge is 2.26. The van der Waals surface area contributed by atoms with Gasteiger partial charge in [-0.15, -0.1) is 0 Å². The van der Waals surface area contributed by atoms with Gasteiger partial charge in [0.25, 0.3) is 0 Å².